The van der Waals surface area contributed by atoms with Crippen LogP contribution in [0.5, 0.6) is 0 Å². The van der Waals surface area contributed by atoms with Gasteiger partial charge < -0.3 is 5.32 Å². The number of benzene rings is 1. The lowest BCUT2D eigenvalue weighted by atomic mass is 10.2. The average molecular weight is 310 g/mol. The molecule has 0 saturated heterocycles. The summed E-state index contributed by atoms with van der Waals surface area (Å²) < 4.78 is 0. The van der Waals surface area contributed by atoms with Crippen LogP contribution in [0.15, 0.2) is 67.0 Å². The van der Waals surface area contributed by atoms with E-state index in [0.717, 1.165) is 11.3 Å². The Morgan fingerprint density at radius 1 is 0.955 bits per heavy atom. The number of nitrogens with zero attached hydrogens (tertiary/aromatic N) is 2. The van der Waals surface area contributed by atoms with Gasteiger partial charge in [0.15, 0.2) is 0 Å². The number of halogens is 1. The minimum Gasteiger partial charge on any atom is -0.307 e. The van der Waals surface area contributed by atoms with Crippen LogP contribution >= 0.6 is 11.6 Å². The number of carbonyl (C=O) groups excluding carboxylic acids is 1. The smallest absolute Gasteiger partial charge is 0.256 e. The highest BCUT2D eigenvalue weighted by atomic mass is 35.5. The second-order valence-corrected chi connectivity index (χ2v) is 5.04. The third-order valence-electron chi connectivity index (χ3n) is 3.07. The molecule has 3 aromatic rings. The molecule has 108 valence electrons. The van der Waals surface area contributed by atoms with E-state index in [0.29, 0.717) is 16.4 Å². The highest BCUT2D eigenvalue weighted by Crippen LogP contribution is 2.17. The van der Waals surface area contributed by atoms with Crippen LogP contribution in [-0.4, -0.2) is 15.9 Å². The summed E-state index contributed by atoms with van der Waals surface area (Å²) in [6.45, 7) is 0. The Balaban J connectivity index is 1.73. The Morgan fingerprint density at radius 3 is 2.41 bits per heavy atom. The van der Waals surface area contributed by atoms with Crippen molar-refractivity contribution in [3.8, 4) is 11.3 Å². The molecule has 0 saturated carbocycles. The van der Waals surface area contributed by atoms with Gasteiger partial charge >= 0.3 is 0 Å². The van der Waals surface area contributed by atoms with Gasteiger partial charge in [-0.1, -0.05) is 17.7 Å². The van der Waals surface area contributed by atoms with Crippen molar-refractivity contribution in [3.63, 3.8) is 0 Å². The number of hydrogen-bond donors (Lipinski definition) is 1. The van der Waals surface area contributed by atoms with Crippen LogP contribution in [0.25, 0.3) is 11.3 Å². The van der Waals surface area contributed by atoms with Crippen LogP contribution in [0.2, 0.25) is 5.02 Å². The Hall–Kier alpha value is -2.72. The summed E-state index contributed by atoms with van der Waals surface area (Å²) in [5.74, 6) is 0.259. The SMILES string of the molecule is O=C(Nc1ccc(-c2ccccn2)cn1)c1ccc(Cl)cc1. The maximum atomic E-state index is 12.1. The van der Waals surface area contributed by atoms with E-state index in [1.807, 2.05) is 24.3 Å². The van der Waals surface area contributed by atoms with E-state index in [4.69, 9.17) is 11.6 Å². The minimum atomic E-state index is -0.227. The summed E-state index contributed by atoms with van der Waals surface area (Å²) in [5, 5.41) is 3.33. The van der Waals surface area contributed by atoms with E-state index in [9.17, 15) is 4.79 Å². The van der Waals surface area contributed by atoms with Gasteiger partial charge in [0.2, 0.25) is 0 Å². The lowest BCUT2D eigenvalue weighted by Gasteiger charge is -2.05. The van der Waals surface area contributed by atoms with Gasteiger partial charge in [0.1, 0.15) is 5.82 Å². The molecule has 0 aliphatic heterocycles. The molecule has 5 heteroatoms. The van der Waals surface area contributed by atoms with Gasteiger partial charge in [-0.05, 0) is 48.5 Å². The lowest BCUT2D eigenvalue weighted by Crippen LogP contribution is -2.12. The Morgan fingerprint density at radius 2 is 1.77 bits per heavy atom. The predicted octanol–water partition coefficient (Wildman–Crippen LogP) is 4.05. The number of pyridine rings is 2. The summed E-state index contributed by atoms with van der Waals surface area (Å²) >= 11 is 5.80. The first-order valence-corrected chi connectivity index (χ1v) is 7.04. The third-order valence-corrected chi connectivity index (χ3v) is 3.32. The van der Waals surface area contributed by atoms with Gasteiger partial charge in [-0.3, -0.25) is 9.78 Å². The molecular formula is C17H12ClN3O. The number of amides is 1. The zero-order valence-corrected chi connectivity index (χ0v) is 12.3. The quantitative estimate of drug-likeness (QED) is 0.794. The molecule has 0 atom stereocenters. The van der Waals surface area contributed by atoms with E-state index in [2.05, 4.69) is 15.3 Å². The number of nitrogens with one attached hydrogen (secondary N) is 1. The fraction of sp³-hybridized carbons (Fsp3) is 0. The van der Waals surface area contributed by atoms with Gasteiger partial charge in [0.25, 0.3) is 5.91 Å². The first kappa shape index (κ1) is 14.2. The van der Waals surface area contributed by atoms with E-state index >= 15 is 0 Å². The summed E-state index contributed by atoms with van der Waals surface area (Å²) in [4.78, 5) is 20.6. The molecule has 0 radical (unpaired) electrons. The largest absolute Gasteiger partial charge is 0.307 e. The second-order valence-electron chi connectivity index (χ2n) is 4.61. The lowest BCUT2D eigenvalue weighted by molar-refractivity contribution is 0.102. The highest BCUT2D eigenvalue weighted by molar-refractivity contribution is 6.30. The number of aromatic nitrogens is 2. The molecule has 1 amide bonds. The van der Waals surface area contributed by atoms with E-state index in [1.54, 1.807) is 42.7 Å². The second kappa shape index (κ2) is 6.37. The molecule has 0 aliphatic rings. The standard InChI is InChI=1S/C17H12ClN3O/c18-14-7-4-12(5-8-14)17(22)21-16-9-6-13(11-20-16)15-3-1-2-10-19-15/h1-11H,(H,20,21,22). The molecule has 1 aromatic carbocycles. The van der Waals surface area contributed by atoms with Crippen molar-refractivity contribution in [1.29, 1.82) is 0 Å². The van der Waals surface area contributed by atoms with Crippen molar-refractivity contribution in [2.75, 3.05) is 5.32 Å². The van der Waals surface area contributed by atoms with Gasteiger partial charge in [-0.15, -0.1) is 0 Å². The molecule has 4 nitrogen and oxygen atoms in total. The molecule has 0 unspecified atom stereocenters. The van der Waals surface area contributed by atoms with Gasteiger partial charge in [0.05, 0.1) is 5.69 Å². The maximum Gasteiger partial charge on any atom is 0.256 e. The fourth-order valence-corrected chi connectivity index (χ4v) is 2.07. The molecular weight excluding hydrogens is 298 g/mol. The summed E-state index contributed by atoms with van der Waals surface area (Å²) in [6, 6.07) is 16.0. The monoisotopic (exact) mass is 309 g/mol. The average Bonchev–Trinajstić information content (AvgIpc) is 2.57. The van der Waals surface area contributed by atoms with Crippen molar-refractivity contribution >= 4 is 23.3 Å². The predicted molar refractivity (Wildman–Crippen MR) is 86.9 cm³/mol. The van der Waals surface area contributed by atoms with E-state index < -0.39 is 0 Å². The van der Waals surface area contributed by atoms with Gasteiger partial charge in [-0.25, -0.2) is 4.98 Å². The molecule has 2 aromatic heterocycles. The van der Waals surface area contributed by atoms with Crippen LogP contribution < -0.4 is 5.32 Å². The summed E-state index contributed by atoms with van der Waals surface area (Å²) in [7, 11) is 0. The van der Waals surface area contributed by atoms with Crippen LogP contribution in [0.3, 0.4) is 0 Å². The zero-order chi connectivity index (χ0) is 15.4. The molecule has 0 fully saturated rings. The third kappa shape index (κ3) is 3.30. The first-order valence-electron chi connectivity index (χ1n) is 6.67. The molecule has 0 spiro atoms. The van der Waals surface area contributed by atoms with Crippen molar-refractivity contribution in [3.05, 3.63) is 77.6 Å². The fourth-order valence-electron chi connectivity index (χ4n) is 1.94. The molecule has 22 heavy (non-hydrogen) atoms. The van der Waals surface area contributed by atoms with Gasteiger partial charge in [0, 0.05) is 28.5 Å². The Bertz CT molecular complexity index is 771. The molecule has 0 aliphatic carbocycles. The highest BCUT2D eigenvalue weighted by Gasteiger charge is 2.07. The number of carbonyl (C=O) groups is 1. The topological polar surface area (TPSA) is 54.9 Å². The van der Waals surface area contributed by atoms with E-state index in [1.165, 1.54) is 0 Å². The van der Waals surface area contributed by atoms with Crippen LogP contribution in [0.1, 0.15) is 10.4 Å². The normalized spacial score (nSPS) is 10.2. The van der Waals surface area contributed by atoms with E-state index in [-0.39, 0.29) is 5.91 Å². The number of anilines is 1. The first-order chi connectivity index (χ1) is 10.7. The summed E-state index contributed by atoms with van der Waals surface area (Å²) in [6.07, 6.45) is 3.41. The van der Waals surface area contributed by atoms with Crippen molar-refractivity contribution in [2.45, 2.75) is 0 Å². The van der Waals surface area contributed by atoms with Crippen molar-refractivity contribution in [2.24, 2.45) is 0 Å². The zero-order valence-electron chi connectivity index (χ0n) is 11.5. The van der Waals surface area contributed by atoms with Crippen molar-refractivity contribution in [1.82, 2.24) is 9.97 Å². The minimum absolute atomic E-state index is 0.227. The van der Waals surface area contributed by atoms with Crippen LogP contribution in [0, 0.1) is 0 Å². The molecule has 0 bridgehead atoms. The molecule has 3 rings (SSSR count). The Kier molecular flexibility index (Phi) is 4.12. The van der Waals surface area contributed by atoms with Crippen molar-refractivity contribution < 1.29 is 4.79 Å². The van der Waals surface area contributed by atoms with Gasteiger partial charge in [-0.2, -0.15) is 0 Å². The van der Waals surface area contributed by atoms with Crippen LogP contribution in [-0.2, 0) is 0 Å². The summed E-state index contributed by atoms with van der Waals surface area (Å²) in [5.41, 5.74) is 2.26. The molecule has 2 heterocycles. The Labute approximate surface area is 132 Å². The molecule has 1 N–H and O–H groups in total. The number of rotatable bonds is 3. The number of hydrogen-bond acceptors (Lipinski definition) is 3. The maximum absolute atomic E-state index is 12.1. The van der Waals surface area contributed by atoms with Crippen LogP contribution in [0.4, 0.5) is 5.82 Å².